The highest BCUT2D eigenvalue weighted by Gasteiger charge is 2.15. The van der Waals surface area contributed by atoms with E-state index in [4.69, 9.17) is 5.11 Å². The first kappa shape index (κ1) is 15.8. The third kappa shape index (κ3) is 3.94. The van der Waals surface area contributed by atoms with Crippen LogP contribution >= 0.6 is 22.7 Å². The number of aliphatic hydroxyl groups is 1. The second-order valence-corrected chi connectivity index (χ2v) is 7.10. The zero-order valence-corrected chi connectivity index (χ0v) is 13.8. The number of thiophene rings is 2. The fourth-order valence-corrected chi connectivity index (χ4v) is 3.69. The van der Waals surface area contributed by atoms with Crippen LogP contribution in [-0.2, 0) is 0 Å². The van der Waals surface area contributed by atoms with Crippen molar-refractivity contribution >= 4 is 28.6 Å². The molecular weight excluding hydrogens is 302 g/mol. The van der Waals surface area contributed by atoms with E-state index < -0.39 is 0 Å². The third-order valence-corrected chi connectivity index (χ3v) is 5.29. The van der Waals surface area contributed by atoms with E-state index >= 15 is 0 Å². The van der Waals surface area contributed by atoms with Crippen molar-refractivity contribution in [2.45, 2.75) is 26.8 Å². The zero-order chi connectivity index (χ0) is 15.4. The molecule has 2 heterocycles. The summed E-state index contributed by atoms with van der Waals surface area (Å²) in [5.74, 6) is 5.40. The minimum atomic E-state index is -0.173. The van der Waals surface area contributed by atoms with Gasteiger partial charge in [0.1, 0.15) is 6.61 Å². The van der Waals surface area contributed by atoms with E-state index in [1.807, 2.05) is 26.0 Å². The van der Waals surface area contributed by atoms with Crippen molar-refractivity contribution in [3.63, 3.8) is 0 Å². The third-order valence-electron chi connectivity index (χ3n) is 2.96. The van der Waals surface area contributed by atoms with Crippen LogP contribution in [-0.4, -0.2) is 17.6 Å². The lowest BCUT2D eigenvalue weighted by atomic mass is 10.2. The molecule has 2 aromatic rings. The highest BCUT2D eigenvalue weighted by atomic mass is 32.1. The maximum atomic E-state index is 12.3. The highest BCUT2D eigenvalue weighted by molar-refractivity contribution is 7.14. The van der Waals surface area contributed by atoms with Crippen molar-refractivity contribution in [1.29, 1.82) is 0 Å². The van der Waals surface area contributed by atoms with E-state index in [-0.39, 0.29) is 18.6 Å². The molecular formula is C16H17NO2S2. The zero-order valence-electron chi connectivity index (χ0n) is 12.2. The first-order chi connectivity index (χ1) is 10.0. The number of carbonyl (C=O) groups is 1. The Morgan fingerprint density at radius 2 is 2.14 bits per heavy atom. The number of amides is 1. The van der Waals surface area contributed by atoms with Gasteiger partial charge in [0, 0.05) is 9.75 Å². The summed E-state index contributed by atoms with van der Waals surface area (Å²) < 4.78 is 0. The molecule has 3 nitrogen and oxygen atoms in total. The van der Waals surface area contributed by atoms with Crippen LogP contribution in [0.3, 0.4) is 0 Å². The molecule has 0 radical (unpaired) electrons. The van der Waals surface area contributed by atoms with Crippen LogP contribution in [0.5, 0.6) is 0 Å². The van der Waals surface area contributed by atoms with E-state index in [0.717, 1.165) is 15.3 Å². The Morgan fingerprint density at radius 3 is 2.76 bits per heavy atom. The fraction of sp³-hybridized carbons (Fsp3) is 0.312. The van der Waals surface area contributed by atoms with Crippen LogP contribution in [0.2, 0.25) is 0 Å². The van der Waals surface area contributed by atoms with Crippen LogP contribution in [0.15, 0.2) is 18.2 Å². The number of nitrogens with one attached hydrogen (secondary N) is 1. The van der Waals surface area contributed by atoms with Gasteiger partial charge in [-0.3, -0.25) is 4.79 Å². The van der Waals surface area contributed by atoms with E-state index in [2.05, 4.69) is 30.1 Å². The quantitative estimate of drug-likeness (QED) is 0.853. The molecule has 1 amide bonds. The maximum absolute atomic E-state index is 12.3. The standard InChI is InChI=1S/C16H17NO2S2/c1-10-9-15(21-13(10)5-4-8-18)16(19)17-12(3)14-7-6-11(2)20-14/h6-7,9,12,18H,8H2,1-3H3,(H,17,19). The Kier molecular flexibility index (Phi) is 5.18. The molecule has 21 heavy (non-hydrogen) atoms. The predicted molar refractivity (Wildman–Crippen MR) is 88.0 cm³/mol. The summed E-state index contributed by atoms with van der Waals surface area (Å²) in [4.78, 5) is 16.1. The van der Waals surface area contributed by atoms with Crippen LogP contribution in [0.4, 0.5) is 0 Å². The Morgan fingerprint density at radius 1 is 1.38 bits per heavy atom. The van der Waals surface area contributed by atoms with Gasteiger partial charge in [-0.1, -0.05) is 11.8 Å². The average Bonchev–Trinajstić information content (AvgIpc) is 3.03. The number of aliphatic hydroxyl groups excluding tert-OH is 1. The smallest absolute Gasteiger partial charge is 0.261 e. The Balaban J connectivity index is 2.10. The van der Waals surface area contributed by atoms with Gasteiger partial charge in [0.15, 0.2) is 0 Å². The largest absolute Gasteiger partial charge is 0.384 e. The summed E-state index contributed by atoms with van der Waals surface area (Å²) in [6.07, 6.45) is 0. The summed E-state index contributed by atoms with van der Waals surface area (Å²) in [5.41, 5.74) is 0.964. The lowest BCUT2D eigenvalue weighted by molar-refractivity contribution is 0.0944. The van der Waals surface area contributed by atoms with Gasteiger partial charge in [-0.15, -0.1) is 22.7 Å². The monoisotopic (exact) mass is 319 g/mol. The first-order valence-corrected chi connectivity index (χ1v) is 8.22. The van der Waals surface area contributed by atoms with E-state index in [1.54, 1.807) is 11.3 Å². The molecule has 0 bridgehead atoms. The number of carbonyl (C=O) groups excluding carboxylic acids is 1. The summed E-state index contributed by atoms with van der Waals surface area (Å²) in [7, 11) is 0. The lowest BCUT2D eigenvalue weighted by Crippen LogP contribution is -2.25. The van der Waals surface area contributed by atoms with Crippen LogP contribution in [0.1, 0.15) is 42.8 Å². The Labute approximate surface area is 132 Å². The topological polar surface area (TPSA) is 49.3 Å². The molecule has 0 aliphatic rings. The molecule has 0 aromatic carbocycles. The van der Waals surface area contributed by atoms with E-state index in [0.29, 0.717) is 4.88 Å². The molecule has 1 atom stereocenters. The van der Waals surface area contributed by atoms with Gasteiger partial charge in [0.2, 0.25) is 0 Å². The summed E-state index contributed by atoms with van der Waals surface area (Å²) in [6, 6.07) is 5.93. The maximum Gasteiger partial charge on any atom is 0.261 e. The van der Waals surface area contributed by atoms with Crippen LogP contribution in [0.25, 0.3) is 0 Å². The molecule has 0 spiro atoms. The van der Waals surface area contributed by atoms with Crippen molar-refractivity contribution in [2.75, 3.05) is 6.61 Å². The molecule has 0 fully saturated rings. The second-order valence-electron chi connectivity index (χ2n) is 4.73. The normalized spacial score (nSPS) is 11.6. The van der Waals surface area contributed by atoms with Crippen molar-refractivity contribution in [2.24, 2.45) is 0 Å². The van der Waals surface area contributed by atoms with Crippen LogP contribution < -0.4 is 5.32 Å². The van der Waals surface area contributed by atoms with Crippen molar-refractivity contribution in [3.8, 4) is 11.8 Å². The molecule has 0 aliphatic heterocycles. The minimum absolute atomic E-state index is 0.00872. The van der Waals surface area contributed by atoms with Crippen LogP contribution in [0, 0.1) is 25.7 Å². The summed E-state index contributed by atoms with van der Waals surface area (Å²) in [6.45, 7) is 5.78. The summed E-state index contributed by atoms with van der Waals surface area (Å²) >= 11 is 3.05. The number of hydrogen-bond donors (Lipinski definition) is 2. The van der Waals surface area contributed by atoms with Gasteiger partial charge >= 0.3 is 0 Å². The molecule has 5 heteroatoms. The fourth-order valence-electron chi connectivity index (χ4n) is 1.86. The average molecular weight is 319 g/mol. The van der Waals surface area contributed by atoms with Gasteiger partial charge in [0.05, 0.1) is 15.8 Å². The molecule has 110 valence electrons. The SMILES string of the molecule is Cc1ccc(C(C)NC(=O)c2cc(C)c(C#CCO)s2)s1. The van der Waals surface area contributed by atoms with Gasteiger partial charge in [0.25, 0.3) is 5.91 Å². The molecule has 0 saturated heterocycles. The lowest BCUT2D eigenvalue weighted by Gasteiger charge is -2.11. The Bertz CT molecular complexity index is 703. The van der Waals surface area contributed by atoms with Gasteiger partial charge in [-0.2, -0.15) is 0 Å². The van der Waals surface area contributed by atoms with E-state index in [1.165, 1.54) is 16.2 Å². The van der Waals surface area contributed by atoms with Crippen molar-refractivity contribution < 1.29 is 9.90 Å². The Hall–Kier alpha value is -1.61. The number of rotatable bonds is 3. The van der Waals surface area contributed by atoms with Gasteiger partial charge in [-0.05, 0) is 44.5 Å². The molecule has 0 saturated carbocycles. The highest BCUT2D eigenvalue weighted by Crippen LogP contribution is 2.25. The second kappa shape index (κ2) is 6.90. The predicted octanol–water partition coefficient (Wildman–Crippen LogP) is 3.26. The van der Waals surface area contributed by atoms with E-state index in [9.17, 15) is 4.79 Å². The van der Waals surface area contributed by atoms with Gasteiger partial charge < -0.3 is 10.4 Å². The molecule has 2 aromatic heterocycles. The molecule has 0 aliphatic carbocycles. The molecule has 2 rings (SSSR count). The first-order valence-electron chi connectivity index (χ1n) is 6.58. The minimum Gasteiger partial charge on any atom is -0.384 e. The van der Waals surface area contributed by atoms with Gasteiger partial charge in [-0.25, -0.2) is 0 Å². The number of aryl methyl sites for hydroxylation is 2. The molecule has 2 N–H and O–H groups in total. The molecule has 1 unspecified atom stereocenters. The number of hydrogen-bond acceptors (Lipinski definition) is 4. The van der Waals surface area contributed by atoms with Crippen molar-refractivity contribution in [3.05, 3.63) is 43.3 Å². The summed E-state index contributed by atoms with van der Waals surface area (Å²) in [5, 5.41) is 11.7. The van der Waals surface area contributed by atoms with Crippen molar-refractivity contribution in [1.82, 2.24) is 5.32 Å².